The van der Waals surface area contributed by atoms with Crippen LogP contribution in [0.2, 0.25) is 10.0 Å². The first-order valence-electron chi connectivity index (χ1n) is 6.64. The number of hydrogen-bond donors (Lipinski definition) is 2. The molecule has 1 unspecified atom stereocenters. The van der Waals surface area contributed by atoms with Crippen LogP contribution in [-0.4, -0.2) is 32.8 Å². The van der Waals surface area contributed by atoms with Gasteiger partial charge in [0.05, 0.1) is 17.7 Å². The lowest BCUT2D eigenvalue weighted by Gasteiger charge is -2.23. The largest absolute Gasteiger partial charge is 0.392 e. The molecule has 0 radical (unpaired) electrons. The number of sulfonamides is 1. The van der Waals surface area contributed by atoms with E-state index in [-0.39, 0.29) is 39.8 Å². The molecule has 1 atom stereocenters. The summed E-state index contributed by atoms with van der Waals surface area (Å²) >= 11 is 11.9. The van der Waals surface area contributed by atoms with Gasteiger partial charge in [-0.15, -0.1) is 0 Å². The lowest BCUT2D eigenvalue weighted by molar-refractivity contribution is 0.0200. The third kappa shape index (κ3) is 4.31. The van der Waals surface area contributed by atoms with Gasteiger partial charge in [0, 0.05) is 18.2 Å². The first kappa shape index (κ1) is 17.0. The number of halogens is 2. The maximum atomic E-state index is 12.3. The number of hydrogen-bond acceptors (Lipinski definition) is 4. The molecule has 1 aromatic rings. The van der Waals surface area contributed by atoms with Gasteiger partial charge in [0.25, 0.3) is 0 Å². The van der Waals surface area contributed by atoms with E-state index in [0.717, 1.165) is 19.3 Å². The highest BCUT2D eigenvalue weighted by molar-refractivity contribution is 7.89. The molecule has 8 heteroatoms. The summed E-state index contributed by atoms with van der Waals surface area (Å²) in [6.45, 7) is 0.465. The molecule has 21 heavy (non-hydrogen) atoms. The van der Waals surface area contributed by atoms with Gasteiger partial charge >= 0.3 is 0 Å². The fraction of sp³-hybridized carbons (Fsp3) is 0.538. The zero-order valence-corrected chi connectivity index (χ0v) is 13.6. The van der Waals surface area contributed by atoms with E-state index >= 15 is 0 Å². The third-order valence-electron chi connectivity index (χ3n) is 3.31. The number of aliphatic hydroxyl groups is 1. The van der Waals surface area contributed by atoms with Gasteiger partial charge in [-0.3, -0.25) is 0 Å². The second kappa shape index (κ2) is 7.26. The van der Waals surface area contributed by atoms with Crippen molar-refractivity contribution in [3.05, 3.63) is 27.7 Å². The molecule has 0 amide bonds. The molecule has 0 aliphatic carbocycles. The standard InChI is InChI=1S/C13H17Cl2NO4S/c14-10-5-9(8-17)13(15)12(6-10)21(18,19)16-7-11-3-1-2-4-20-11/h5-6,11,16-17H,1-4,7-8H2. The Morgan fingerprint density at radius 3 is 2.71 bits per heavy atom. The fourth-order valence-electron chi connectivity index (χ4n) is 2.18. The Bertz CT molecular complexity index is 600. The van der Waals surface area contributed by atoms with Crippen LogP contribution in [0.25, 0.3) is 0 Å². The predicted octanol–water partition coefficient (Wildman–Crippen LogP) is 2.33. The molecule has 1 fully saturated rings. The molecular weight excluding hydrogens is 337 g/mol. The first-order chi connectivity index (χ1) is 9.94. The molecule has 0 saturated carbocycles. The van der Waals surface area contributed by atoms with Gasteiger partial charge < -0.3 is 9.84 Å². The van der Waals surface area contributed by atoms with E-state index in [9.17, 15) is 13.5 Å². The van der Waals surface area contributed by atoms with Crippen molar-refractivity contribution >= 4 is 33.2 Å². The molecule has 1 saturated heterocycles. The normalized spacial score (nSPS) is 19.7. The van der Waals surface area contributed by atoms with Crippen LogP contribution in [0.1, 0.15) is 24.8 Å². The zero-order valence-electron chi connectivity index (χ0n) is 11.3. The van der Waals surface area contributed by atoms with Gasteiger partial charge in [0.15, 0.2) is 0 Å². The Hall–Kier alpha value is -0.370. The van der Waals surface area contributed by atoms with Crippen molar-refractivity contribution in [2.45, 2.75) is 36.9 Å². The van der Waals surface area contributed by atoms with Crippen LogP contribution in [0.4, 0.5) is 0 Å². The summed E-state index contributed by atoms with van der Waals surface area (Å²) in [7, 11) is -3.80. The van der Waals surface area contributed by atoms with Crippen LogP contribution in [-0.2, 0) is 21.4 Å². The Balaban J connectivity index is 2.17. The third-order valence-corrected chi connectivity index (χ3v) is 5.54. The predicted molar refractivity (Wildman–Crippen MR) is 81.2 cm³/mol. The van der Waals surface area contributed by atoms with Crippen molar-refractivity contribution in [2.24, 2.45) is 0 Å². The van der Waals surface area contributed by atoms with E-state index in [0.29, 0.717) is 6.61 Å². The van der Waals surface area contributed by atoms with Gasteiger partial charge in [-0.25, -0.2) is 13.1 Å². The van der Waals surface area contributed by atoms with Crippen LogP contribution in [0, 0.1) is 0 Å². The molecule has 2 N–H and O–H groups in total. The Kier molecular flexibility index (Phi) is 5.88. The molecule has 1 aromatic carbocycles. The van der Waals surface area contributed by atoms with Crippen molar-refractivity contribution in [1.29, 1.82) is 0 Å². The highest BCUT2D eigenvalue weighted by Crippen LogP contribution is 2.29. The highest BCUT2D eigenvalue weighted by Gasteiger charge is 2.23. The SMILES string of the molecule is O=S(=O)(NCC1CCCCO1)c1cc(Cl)cc(CO)c1Cl. The van der Waals surface area contributed by atoms with Crippen LogP contribution in [0.3, 0.4) is 0 Å². The van der Waals surface area contributed by atoms with Crippen molar-refractivity contribution in [1.82, 2.24) is 4.72 Å². The molecule has 118 valence electrons. The summed E-state index contributed by atoms with van der Waals surface area (Å²) in [4.78, 5) is -0.128. The quantitative estimate of drug-likeness (QED) is 0.851. The van der Waals surface area contributed by atoms with Gasteiger partial charge in [0.1, 0.15) is 4.90 Å². The Morgan fingerprint density at radius 1 is 1.33 bits per heavy atom. The van der Waals surface area contributed by atoms with E-state index in [2.05, 4.69) is 4.72 Å². The molecule has 1 aliphatic heterocycles. The number of rotatable bonds is 5. The molecular formula is C13H17Cl2NO4S. The highest BCUT2D eigenvalue weighted by atomic mass is 35.5. The summed E-state index contributed by atoms with van der Waals surface area (Å²) < 4.78 is 32.6. The summed E-state index contributed by atoms with van der Waals surface area (Å²) in [5.74, 6) is 0. The molecule has 1 aliphatic rings. The lowest BCUT2D eigenvalue weighted by atomic mass is 10.1. The summed E-state index contributed by atoms with van der Waals surface area (Å²) in [6.07, 6.45) is 2.74. The molecule has 2 rings (SSSR count). The van der Waals surface area contributed by atoms with Gasteiger partial charge in [0.2, 0.25) is 10.0 Å². The van der Waals surface area contributed by atoms with Crippen LogP contribution < -0.4 is 4.72 Å². The number of nitrogens with one attached hydrogen (secondary N) is 1. The summed E-state index contributed by atoms with van der Waals surface area (Å²) in [5, 5.41) is 9.38. The molecule has 0 bridgehead atoms. The minimum absolute atomic E-state index is 0.0148. The van der Waals surface area contributed by atoms with Crippen molar-refractivity contribution < 1.29 is 18.3 Å². The molecule has 5 nitrogen and oxygen atoms in total. The van der Waals surface area contributed by atoms with Gasteiger partial charge in [-0.2, -0.15) is 0 Å². The van der Waals surface area contributed by atoms with E-state index in [1.807, 2.05) is 0 Å². The summed E-state index contributed by atoms with van der Waals surface area (Å²) in [6, 6.07) is 2.71. The van der Waals surface area contributed by atoms with E-state index in [1.165, 1.54) is 12.1 Å². The van der Waals surface area contributed by atoms with Crippen molar-refractivity contribution in [3.63, 3.8) is 0 Å². The number of ether oxygens (including phenoxy) is 1. The van der Waals surface area contributed by atoms with E-state index in [4.69, 9.17) is 27.9 Å². The van der Waals surface area contributed by atoms with E-state index in [1.54, 1.807) is 0 Å². The smallest absolute Gasteiger partial charge is 0.242 e. The topological polar surface area (TPSA) is 75.6 Å². The summed E-state index contributed by atoms with van der Waals surface area (Å²) in [5.41, 5.74) is 0.276. The number of benzene rings is 1. The second-order valence-corrected chi connectivity index (χ2v) is 7.43. The van der Waals surface area contributed by atoms with Crippen LogP contribution >= 0.6 is 23.2 Å². The van der Waals surface area contributed by atoms with Crippen molar-refractivity contribution in [3.8, 4) is 0 Å². The second-order valence-electron chi connectivity index (χ2n) is 4.88. The van der Waals surface area contributed by atoms with Gasteiger partial charge in [-0.1, -0.05) is 23.2 Å². The molecule has 0 aromatic heterocycles. The maximum absolute atomic E-state index is 12.3. The van der Waals surface area contributed by atoms with Crippen molar-refractivity contribution in [2.75, 3.05) is 13.2 Å². The fourth-order valence-corrected chi connectivity index (χ4v) is 4.17. The minimum Gasteiger partial charge on any atom is -0.392 e. The Labute approximate surface area is 134 Å². The number of aliphatic hydroxyl groups excluding tert-OH is 1. The average Bonchev–Trinajstić information content (AvgIpc) is 2.48. The lowest BCUT2D eigenvalue weighted by Crippen LogP contribution is -2.35. The molecule has 1 heterocycles. The molecule has 0 spiro atoms. The first-order valence-corrected chi connectivity index (χ1v) is 8.88. The average molecular weight is 354 g/mol. The maximum Gasteiger partial charge on any atom is 0.242 e. The van der Waals surface area contributed by atoms with Crippen LogP contribution in [0.15, 0.2) is 17.0 Å². The van der Waals surface area contributed by atoms with Gasteiger partial charge in [-0.05, 0) is 37.0 Å². The van der Waals surface area contributed by atoms with Crippen LogP contribution in [0.5, 0.6) is 0 Å². The van der Waals surface area contributed by atoms with E-state index < -0.39 is 10.0 Å². The monoisotopic (exact) mass is 353 g/mol. The minimum atomic E-state index is -3.80. The Morgan fingerprint density at radius 2 is 2.10 bits per heavy atom. The zero-order chi connectivity index (χ0) is 15.5.